The van der Waals surface area contributed by atoms with Crippen LogP contribution in [0.3, 0.4) is 0 Å². The highest BCUT2D eigenvalue weighted by atomic mass is 32.2. The number of thioether (sulfide) groups is 1. The van der Waals surface area contributed by atoms with Crippen LogP contribution in [0.15, 0.2) is 0 Å². The van der Waals surface area contributed by atoms with Gasteiger partial charge in [0.15, 0.2) is 0 Å². The summed E-state index contributed by atoms with van der Waals surface area (Å²) in [6.45, 7) is 5.43. The summed E-state index contributed by atoms with van der Waals surface area (Å²) in [4.78, 5) is 30.8. The van der Waals surface area contributed by atoms with Crippen LogP contribution in [0.5, 0.6) is 0 Å². The number of carbonyl (C=O) groups excluding carboxylic acids is 2. The van der Waals surface area contributed by atoms with Crippen molar-refractivity contribution in [3.8, 4) is 0 Å². The number of piperazine rings is 1. The second kappa shape index (κ2) is 9.52. The van der Waals surface area contributed by atoms with E-state index < -0.39 is 0 Å². The van der Waals surface area contributed by atoms with Crippen molar-refractivity contribution < 1.29 is 9.59 Å². The highest BCUT2D eigenvalue weighted by Crippen LogP contribution is 2.22. The third kappa shape index (κ3) is 5.99. The summed E-state index contributed by atoms with van der Waals surface area (Å²) in [5.74, 6) is 1.98. The molecular formula is C17H31N3O2S. The predicted octanol–water partition coefficient (Wildman–Crippen LogP) is 1.53. The molecule has 0 aliphatic carbocycles. The fourth-order valence-electron chi connectivity index (χ4n) is 3.42. The normalized spacial score (nSPS) is 23.1. The molecule has 6 heteroatoms. The smallest absolute Gasteiger partial charge is 0.223 e. The number of likely N-dealkylation sites (tertiary alicyclic amines) is 1. The van der Waals surface area contributed by atoms with Gasteiger partial charge in [0.05, 0.1) is 0 Å². The molecule has 2 aliphatic rings. The molecule has 0 N–H and O–H groups in total. The van der Waals surface area contributed by atoms with Crippen LogP contribution in [0.2, 0.25) is 0 Å². The Kier molecular flexibility index (Phi) is 7.70. The molecule has 0 radical (unpaired) electrons. The van der Waals surface area contributed by atoms with Gasteiger partial charge in [-0.1, -0.05) is 0 Å². The Balaban J connectivity index is 1.70. The summed E-state index contributed by atoms with van der Waals surface area (Å²) in [7, 11) is 2.10. The van der Waals surface area contributed by atoms with Crippen LogP contribution in [0.4, 0.5) is 0 Å². The van der Waals surface area contributed by atoms with Crippen molar-refractivity contribution in [3.63, 3.8) is 0 Å². The monoisotopic (exact) mass is 341 g/mol. The molecule has 132 valence electrons. The molecule has 0 bridgehead atoms. The molecule has 2 fully saturated rings. The average Bonchev–Trinajstić information content (AvgIpc) is 2.58. The summed E-state index contributed by atoms with van der Waals surface area (Å²) < 4.78 is 0. The van der Waals surface area contributed by atoms with Crippen molar-refractivity contribution in [3.05, 3.63) is 0 Å². The van der Waals surface area contributed by atoms with Crippen molar-refractivity contribution in [1.82, 2.24) is 14.7 Å². The topological polar surface area (TPSA) is 43.9 Å². The fraction of sp³-hybridized carbons (Fsp3) is 0.882. The molecule has 0 aromatic rings. The van der Waals surface area contributed by atoms with Crippen LogP contribution >= 0.6 is 11.8 Å². The Morgan fingerprint density at radius 2 is 1.70 bits per heavy atom. The first-order valence-corrected chi connectivity index (χ1v) is 10.2. The number of likely N-dealkylation sites (N-methyl/N-ethyl adjacent to an activating group) is 1. The molecule has 0 aromatic heterocycles. The Bertz CT molecular complexity index is 397. The molecule has 2 saturated heterocycles. The lowest BCUT2D eigenvalue weighted by Crippen LogP contribution is -2.47. The average molecular weight is 342 g/mol. The van der Waals surface area contributed by atoms with E-state index in [1.54, 1.807) is 11.8 Å². The van der Waals surface area contributed by atoms with Gasteiger partial charge in [-0.25, -0.2) is 0 Å². The molecule has 0 saturated carbocycles. The molecule has 2 aliphatic heterocycles. The van der Waals surface area contributed by atoms with Gasteiger partial charge in [0.1, 0.15) is 0 Å². The molecular weight excluding hydrogens is 310 g/mol. The minimum atomic E-state index is 0.287. The van der Waals surface area contributed by atoms with E-state index in [1.807, 2.05) is 16.1 Å². The molecule has 2 amide bonds. The van der Waals surface area contributed by atoms with E-state index >= 15 is 0 Å². The molecule has 2 rings (SSSR count). The first kappa shape index (κ1) is 18.6. The van der Waals surface area contributed by atoms with Crippen molar-refractivity contribution in [2.24, 2.45) is 5.92 Å². The highest BCUT2D eigenvalue weighted by Gasteiger charge is 2.25. The van der Waals surface area contributed by atoms with Gasteiger partial charge >= 0.3 is 0 Å². The number of piperidine rings is 1. The maximum Gasteiger partial charge on any atom is 0.223 e. The summed E-state index contributed by atoms with van der Waals surface area (Å²) in [5, 5.41) is 0. The largest absolute Gasteiger partial charge is 0.342 e. The number of hydrogen-bond acceptors (Lipinski definition) is 4. The van der Waals surface area contributed by atoms with Crippen LogP contribution < -0.4 is 0 Å². The quantitative estimate of drug-likeness (QED) is 0.735. The zero-order valence-electron chi connectivity index (χ0n) is 14.6. The second-order valence-corrected chi connectivity index (χ2v) is 7.80. The predicted molar refractivity (Wildman–Crippen MR) is 95.6 cm³/mol. The highest BCUT2D eigenvalue weighted by molar-refractivity contribution is 7.98. The summed E-state index contributed by atoms with van der Waals surface area (Å²) in [6.07, 6.45) is 6.49. The number of rotatable bonds is 6. The van der Waals surface area contributed by atoms with E-state index in [-0.39, 0.29) is 5.91 Å². The van der Waals surface area contributed by atoms with Gasteiger partial charge in [-0.3, -0.25) is 9.59 Å². The van der Waals surface area contributed by atoms with E-state index in [4.69, 9.17) is 0 Å². The van der Waals surface area contributed by atoms with E-state index in [0.717, 1.165) is 64.3 Å². The molecule has 0 unspecified atom stereocenters. The fourth-order valence-corrected chi connectivity index (χ4v) is 3.80. The zero-order valence-corrected chi connectivity index (χ0v) is 15.4. The summed E-state index contributed by atoms with van der Waals surface area (Å²) in [5.41, 5.74) is 0. The Morgan fingerprint density at radius 3 is 2.39 bits per heavy atom. The number of carbonyl (C=O) groups is 2. The van der Waals surface area contributed by atoms with Crippen LogP contribution in [-0.2, 0) is 9.59 Å². The maximum absolute atomic E-state index is 12.3. The van der Waals surface area contributed by atoms with Gasteiger partial charge in [0, 0.05) is 57.9 Å². The van der Waals surface area contributed by atoms with Gasteiger partial charge in [-0.15, -0.1) is 0 Å². The Morgan fingerprint density at radius 1 is 1.00 bits per heavy atom. The van der Waals surface area contributed by atoms with Crippen molar-refractivity contribution >= 4 is 23.6 Å². The van der Waals surface area contributed by atoms with Crippen LogP contribution in [0, 0.1) is 5.92 Å². The lowest BCUT2D eigenvalue weighted by Gasteiger charge is -2.34. The molecule has 0 aromatic carbocycles. The van der Waals surface area contributed by atoms with Gasteiger partial charge in [0.2, 0.25) is 11.8 Å². The lowest BCUT2D eigenvalue weighted by molar-refractivity contribution is -0.133. The maximum atomic E-state index is 12.3. The second-order valence-electron chi connectivity index (χ2n) is 6.81. The van der Waals surface area contributed by atoms with E-state index in [0.29, 0.717) is 24.7 Å². The summed E-state index contributed by atoms with van der Waals surface area (Å²) in [6, 6.07) is 0. The van der Waals surface area contributed by atoms with Crippen molar-refractivity contribution in [2.75, 3.05) is 58.3 Å². The third-order valence-electron chi connectivity index (χ3n) is 5.01. The molecule has 1 atom stereocenters. The SMILES string of the molecule is CSCCC(=O)N1CCC[C@@H](CCC(=O)N2CCN(C)CC2)C1. The lowest BCUT2D eigenvalue weighted by atomic mass is 9.93. The van der Waals surface area contributed by atoms with Crippen molar-refractivity contribution in [1.29, 1.82) is 0 Å². The van der Waals surface area contributed by atoms with Gasteiger partial charge < -0.3 is 14.7 Å². The summed E-state index contributed by atoms with van der Waals surface area (Å²) >= 11 is 1.72. The van der Waals surface area contributed by atoms with E-state index in [2.05, 4.69) is 11.9 Å². The zero-order chi connectivity index (χ0) is 16.7. The standard InChI is InChI=1S/C17H31N3O2S/c1-18-9-11-19(12-10-18)16(21)6-5-15-4-3-8-20(14-15)17(22)7-13-23-2/h15H,3-14H2,1-2H3/t15-/m0/s1. The first-order valence-electron chi connectivity index (χ1n) is 8.83. The third-order valence-corrected chi connectivity index (χ3v) is 5.63. The first-order chi connectivity index (χ1) is 11.1. The number of nitrogens with zero attached hydrogens (tertiary/aromatic N) is 3. The molecule has 2 heterocycles. The molecule has 23 heavy (non-hydrogen) atoms. The van der Waals surface area contributed by atoms with Crippen LogP contribution in [-0.4, -0.2) is 84.8 Å². The molecule has 5 nitrogen and oxygen atoms in total. The molecule has 0 spiro atoms. The van der Waals surface area contributed by atoms with Crippen LogP contribution in [0.1, 0.15) is 32.1 Å². The minimum absolute atomic E-state index is 0.287. The van der Waals surface area contributed by atoms with Crippen LogP contribution in [0.25, 0.3) is 0 Å². The van der Waals surface area contributed by atoms with Gasteiger partial charge in [-0.2, -0.15) is 11.8 Å². The van der Waals surface area contributed by atoms with Gasteiger partial charge in [-0.05, 0) is 38.5 Å². The van der Waals surface area contributed by atoms with Gasteiger partial charge in [0.25, 0.3) is 0 Å². The van der Waals surface area contributed by atoms with Crippen molar-refractivity contribution in [2.45, 2.75) is 32.1 Å². The van der Waals surface area contributed by atoms with E-state index in [1.165, 1.54) is 0 Å². The Hall–Kier alpha value is -0.750. The Labute approximate surface area is 144 Å². The number of hydrogen-bond donors (Lipinski definition) is 0. The number of amides is 2. The minimum Gasteiger partial charge on any atom is -0.342 e. The van der Waals surface area contributed by atoms with E-state index in [9.17, 15) is 9.59 Å².